The van der Waals surface area contributed by atoms with Gasteiger partial charge in [-0.3, -0.25) is 14.2 Å². The first-order valence-corrected chi connectivity index (χ1v) is 11.5. The molecule has 0 bridgehead atoms. The van der Waals surface area contributed by atoms with Crippen molar-refractivity contribution in [3.8, 4) is 0 Å². The number of carbonyl (C=O) groups is 1. The van der Waals surface area contributed by atoms with Gasteiger partial charge in [-0.1, -0.05) is 12.1 Å². The van der Waals surface area contributed by atoms with Gasteiger partial charge in [-0.25, -0.2) is 18.4 Å². The van der Waals surface area contributed by atoms with Crippen LogP contribution in [-0.4, -0.2) is 69.2 Å². The molecule has 1 amide bonds. The summed E-state index contributed by atoms with van der Waals surface area (Å²) in [6.45, 7) is 0.718. The number of carbonyl (C=O) groups excluding carboxylic acids is 1. The van der Waals surface area contributed by atoms with Crippen LogP contribution in [0.5, 0.6) is 0 Å². The van der Waals surface area contributed by atoms with Crippen molar-refractivity contribution in [3.05, 3.63) is 65.3 Å². The van der Waals surface area contributed by atoms with Gasteiger partial charge in [-0.05, 0) is 24.3 Å². The molecule has 10 nitrogen and oxygen atoms in total. The van der Waals surface area contributed by atoms with E-state index in [0.717, 1.165) is 0 Å². The van der Waals surface area contributed by atoms with Crippen molar-refractivity contribution in [2.24, 2.45) is 0 Å². The number of piperazine rings is 1. The van der Waals surface area contributed by atoms with E-state index >= 15 is 0 Å². The van der Waals surface area contributed by atoms with Crippen molar-refractivity contribution < 1.29 is 13.2 Å². The minimum atomic E-state index is -3.73. The Morgan fingerprint density at radius 2 is 1.81 bits per heavy atom. The molecule has 0 atom stereocenters. The first kappa shape index (κ1) is 20.3. The lowest BCUT2D eigenvalue weighted by atomic mass is 10.3. The summed E-state index contributed by atoms with van der Waals surface area (Å²) in [6.07, 6.45) is 4.25. The summed E-state index contributed by atoms with van der Waals surface area (Å²) in [5.74, 6) is -0.239. The number of hydrogen-bond donors (Lipinski definition) is 1. The molecule has 11 heteroatoms. The molecule has 1 aliphatic heterocycles. The van der Waals surface area contributed by atoms with Crippen LogP contribution in [0.2, 0.25) is 0 Å². The molecule has 0 unspecified atom stereocenters. The predicted octanol–water partition coefficient (Wildman–Crippen LogP) is 0.806. The number of nitrogens with one attached hydrogen (secondary N) is 1. The third kappa shape index (κ3) is 3.45. The molecule has 0 saturated carbocycles. The first-order chi connectivity index (χ1) is 15.4. The molecule has 1 saturated heterocycles. The summed E-state index contributed by atoms with van der Waals surface area (Å²) in [4.78, 5) is 38.1. The molecule has 164 valence electrons. The number of H-pyrrole nitrogens is 1. The Bertz CT molecular complexity index is 1480. The van der Waals surface area contributed by atoms with Gasteiger partial charge in [0.25, 0.3) is 5.56 Å². The molecule has 1 N–H and O–H groups in total. The monoisotopic (exact) mass is 452 g/mol. The van der Waals surface area contributed by atoms with Crippen LogP contribution in [0.15, 0.2) is 64.7 Å². The van der Waals surface area contributed by atoms with Gasteiger partial charge >= 0.3 is 0 Å². The van der Waals surface area contributed by atoms with Crippen LogP contribution in [-0.2, 0) is 21.4 Å². The lowest BCUT2D eigenvalue weighted by Gasteiger charge is -2.34. The van der Waals surface area contributed by atoms with Crippen LogP contribution < -0.4 is 5.56 Å². The van der Waals surface area contributed by atoms with Crippen LogP contribution in [0.4, 0.5) is 0 Å². The van der Waals surface area contributed by atoms with Gasteiger partial charge in [-0.15, -0.1) is 0 Å². The summed E-state index contributed by atoms with van der Waals surface area (Å²) < 4.78 is 29.1. The van der Waals surface area contributed by atoms with Gasteiger partial charge in [-0.2, -0.15) is 4.31 Å². The molecule has 5 rings (SSSR count). The Morgan fingerprint density at radius 3 is 2.62 bits per heavy atom. The van der Waals surface area contributed by atoms with Crippen molar-refractivity contribution in [3.63, 3.8) is 0 Å². The van der Waals surface area contributed by atoms with E-state index in [1.165, 1.54) is 21.3 Å². The number of aromatic amines is 1. The summed E-state index contributed by atoms with van der Waals surface area (Å²) >= 11 is 0. The molecule has 1 aliphatic rings. The molecule has 1 fully saturated rings. The average Bonchev–Trinajstić information content (AvgIpc) is 3.26. The van der Waals surface area contributed by atoms with Gasteiger partial charge < -0.3 is 9.88 Å². The summed E-state index contributed by atoms with van der Waals surface area (Å²) in [6, 6.07) is 10.5. The highest BCUT2D eigenvalue weighted by atomic mass is 32.2. The van der Waals surface area contributed by atoms with Crippen molar-refractivity contribution >= 4 is 38.0 Å². The number of rotatable bonds is 4. The number of benzene rings is 1. The van der Waals surface area contributed by atoms with E-state index in [2.05, 4.69) is 15.0 Å². The lowest BCUT2D eigenvalue weighted by Crippen LogP contribution is -2.51. The van der Waals surface area contributed by atoms with Gasteiger partial charge in [0.15, 0.2) is 0 Å². The van der Waals surface area contributed by atoms with Crippen LogP contribution in [0.3, 0.4) is 0 Å². The fourth-order valence-electron chi connectivity index (χ4n) is 3.97. The molecular weight excluding hydrogens is 432 g/mol. The third-order valence-corrected chi connectivity index (χ3v) is 7.61. The van der Waals surface area contributed by atoms with Crippen molar-refractivity contribution in [2.75, 3.05) is 26.2 Å². The molecule has 4 aromatic rings. The number of sulfonamides is 1. The summed E-state index contributed by atoms with van der Waals surface area (Å²) in [7, 11) is -3.73. The number of amides is 1. The Kier molecular flexibility index (Phi) is 4.98. The number of fused-ring (bicyclic) bond motifs is 2. The van der Waals surface area contributed by atoms with Crippen LogP contribution in [0, 0.1) is 0 Å². The number of pyridine rings is 1. The molecule has 3 aromatic heterocycles. The maximum atomic E-state index is 13.1. The maximum Gasteiger partial charge on any atom is 0.269 e. The molecule has 0 aliphatic carbocycles. The van der Waals surface area contributed by atoms with Crippen LogP contribution in [0.25, 0.3) is 22.1 Å². The lowest BCUT2D eigenvalue weighted by molar-refractivity contribution is -0.133. The van der Waals surface area contributed by atoms with E-state index in [9.17, 15) is 18.0 Å². The number of aromatic nitrogens is 4. The number of nitrogens with zero attached hydrogens (tertiary/aromatic N) is 5. The summed E-state index contributed by atoms with van der Waals surface area (Å²) in [5, 5.41) is 0.537. The Balaban J connectivity index is 1.31. The fourth-order valence-corrected chi connectivity index (χ4v) is 5.55. The average molecular weight is 452 g/mol. The van der Waals surface area contributed by atoms with Crippen LogP contribution in [0.1, 0.15) is 0 Å². The molecule has 0 spiro atoms. The number of para-hydroxylation sites is 2. The zero-order valence-corrected chi connectivity index (χ0v) is 17.8. The van der Waals surface area contributed by atoms with E-state index in [4.69, 9.17) is 0 Å². The van der Waals surface area contributed by atoms with E-state index in [-0.39, 0.29) is 49.1 Å². The van der Waals surface area contributed by atoms with Crippen molar-refractivity contribution in [1.29, 1.82) is 0 Å². The molecule has 1 aromatic carbocycles. The highest BCUT2D eigenvalue weighted by Gasteiger charge is 2.32. The highest BCUT2D eigenvalue weighted by molar-refractivity contribution is 7.89. The molecule has 4 heterocycles. The van der Waals surface area contributed by atoms with Gasteiger partial charge in [0.05, 0.1) is 17.2 Å². The minimum absolute atomic E-state index is 0.122. The van der Waals surface area contributed by atoms with Gasteiger partial charge in [0.1, 0.15) is 17.1 Å². The van der Waals surface area contributed by atoms with Crippen LogP contribution >= 0.6 is 0 Å². The Morgan fingerprint density at radius 1 is 1.03 bits per heavy atom. The maximum absolute atomic E-state index is 13.1. The zero-order valence-electron chi connectivity index (χ0n) is 17.0. The second-order valence-corrected chi connectivity index (χ2v) is 9.42. The van der Waals surface area contributed by atoms with Crippen molar-refractivity contribution in [1.82, 2.24) is 28.7 Å². The Labute approximate surface area is 183 Å². The largest absolute Gasteiger partial charge is 0.345 e. The quantitative estimate of drug-likeness (QED) is 0.489. The standard InChI is InChI=1S/C21H20N6O4S/c28-19-13-23-16-5-1-2-6-17(16)27(19)14-20(29)25-8-10-26(11-9-25)32(30,31)18-12-24-21-15(18)4-3-7-22-21/h1-7,12-13H,8-11,14H2,(H,22,24). The predicted molar refractivity (Wildman–Crippen MR) is 117 cm³/mol. The van der Waals surface area contributed by atoms with Crippen molar-refractivity contribution in [2.45, 2.75) is 11.4 Å². The highest BCUT2D eigenvalue weighted by Crippen LogP contribution is 2.25. The zero-order chi connectivity index (χ0) is 22.3. The molecule has 0 radical (unpaired) electrons. The summed E-state index contributed by atoms with van der Waals surface area (Å²) in [5.41, 5.74) is 1.37. The third-order valence-electron chi connectivity index (χ3n) is 5.67. The molecule has 32 heavy (non-hydrogen) atoms. The second-order valence-electron chi connectivity index (χ2n) is 7.51. The first-order valence-electron chi connectivity index (χ1n) is 10.1. The minimum Gasteiger partial charge on any atom is -0.345 e. The van der Waals surface area contributed by atoms with E-state index in [1.807, 2.05) is 6.07 Å². The molecular formula is C21H20N6O4S. The normalized spacial score (nSPS) is 15.4. The topological polar surface area (TPSA) is 121 Å². The van der Waals surface area contributed by atoms with Gasteiger partial charge in [0.2, 0.25) is 15.9 Å². The fraction of sp³-hybridized carbons (Fsp3) is 0.238. The SMILES string of the molecule is O=C(Cn1c(=O)cnc2ccccc21)N1CCN(S(=O)(=O)c2c[nH]c3ncccc23)CC1. The Hall–Kier alpha value is -3.57. The smallest absolute Gasteiger partial charge is 0.269 e. The van der Waals surface area contributed by atoms with E-state index in [1.54, 1.807) is 41.4 Å². The second kappa shape index (κ2) is 7.84. The van der Waals surface area contributed by atoms with Gasteiger partial charge in [0, 0.05) is 44.0 Å². The van der Waals surface area contributed by atoms with E-state index in [0.29, 0.717) is 22.1 Å². The number of hydrogen-bond acceptors (Lipinski definition) is 6. The van der Waals surface area contributed by atoms with E-state index < -0.39 is 10.0 Å².